The number of fused-ring (bicyclic) bond motifs is 1. The molecule has 0 radical (unpaired) electrons. The van der Waals surface area contributed by atoms with Gasteiger partial charge < -0.3 is 14.1 Å². The largest absolute Gasteiger partial charge is 0.415 e. The first kappa shape index (κ1) is 17.5. The third-order valence-electron chi connectivity index (χ3n) is 4.73. The van der Waals surface area contributed by atoms with Gasteiger partial charge in [0.15, 0.2) is 0 Å². The molecule has 3 aromatic heterocycles. The summed E-state index contributed by atoms with van der Waals surface area (Å²) in [6.45, 7) is 5.09. The van der Waals surface area contributed by atoms with Crippen molar-refractivity contribution in [3.63, 3.8) is 0 Å². The fourth-order valence-corrected chi connectivity index (χ4v) is 4.49. The van der Waals surface area contributed by atoms with Crippen LogP contribution < -0.4 is 4.90 Å². The second-order valence-corrected chi connectivity index (χ2v) is 7.89. The van der Waals surface area contributed by atoms with Crippen molar-refractivity contribution in [3.8, 4) is 22.2 Å². The molecule has 1 aliphatic rings. The van der Waals surface area contributed by atoms with E-state index >= 15 is 0 Å². The Hall–Kier alpha value is -2.55. The number of nitrogens with zero attached hydrogens (tertiary/aromatic N) is 5. The van der Waals surface area contributed by atoms with Gasteiger partial charge in [0, 0.05) is 23.7 Å². The monoisotopic (exact) mass is 413 g/mol. The number of aromatic nitrogens is 4. The van der Waals surface area contributed by atoms with E-state index in [1.54, 1.807) is 18.5 Å². The molecule has 0 aliphatic carbocycles. The minimum absolute atomic E-state index is 0.461. The third kappa shape index (κ3) is 3.03. The zero-order chi connectivity index (χ0) is 19.1. The molecule has 0 amide bonds. The van der Waals surface area contributed by atoms with Crippen molar-refractivity contribution in [1.82, 2.24) is 20.2 Å². The van der Waals surface area contributed by atoms with Crippen molar-refractivity contribution in [2.45, 2.75) is 6.92 Å². The first-order chi connectivity index (χ1) is 13.7. The highest BCUT2D eigenvalue weighted by molar-refractivity contribution is 7.22. The number of anilines is 1. The van der Waals surface area contributed by atoms with Crippen LogP contribution in [0, 0.1) is 6.92 Å². The lowest BCUT2D eigenvalue weighted by molar-refractivity contribution is 0.122. The zero-order valence-electron chi connectivity index (χ0n) is 15.1. The van der Waals surface area contributed by atoms with E-state index in [2.05, 4.69) is 25.1 Å². The summed E-state index contributed by atoms with van der Waals surface area (Å²) in [5, 5.41) is 10.2. The molecule has 7 nitrogen and oxygen atoms in total. The lowest BCUT2D eigenvalue weighted by Crippen LogP contribution is -2.36. The molecule has 28 heavy (non-hydrogen) atoms. The molecule has 0 spiro atoms. The molecule has 1 saturated heterocycles. The highest BCUT2D eigenvalue weighted by Gasteiger charge is 2.23. The number of thiophene rings is 1. The minimum Gasteiger partial charge on any atom is -0.415 e. The Balaban J connectivity index is 1.57. The summed E-state index contributed by atoms with van der Waals surface area (Å²) in [7, 11) is 0. The van der Waals surface area contributed by atoms with Crippen molar-refractivity contribution < 1.29 is 9.15 Å². The molecule has 0 saturated carbocycles. The maximum absolute atomic E-state index is 5.96. The van der Waals surface area contributed by atoms with E-state index in [9.17, 15) is 0 Å². The number of hydrogen-bond donors (Lipinski definition) is 0. The second-order valence-electron chi connectivity index (χ2n) is 6.45. The van der Waals surface area contributed by atoms with Gasteiger partial charge in [-0.2, -0.15) is 0 Å². The quantitative estimate of drug-likeness (QED) is 0.498. The summed E-state index contributed by atoms with van der Waals surface area (Å²) in [6.07, 6.45) is 1.61. The van der Waals surface area contributed by atoms with E-state index < -0.39 is 0 Å². The molecular weight excluding hydrogens is 398 g/mol. The van der Waals surface area contributed by atoms with Crippen LogP contribution in [0.3, 0.4) is 0 Å². The lowest BCUT2D eigenvalue weighted by atomic mass is 10.2. The summed E-state index contributed by atoms with van der Waals surface area (Å²) in [4.78, 5) is 13.1. The average molecular weight is 414 g/mol. The fourth-order valence-electron chi connectivity index (χ4n) is 3.30. The number of aryl methyl sites for hydroxylation is 1. The zero-order valence-corrected chi connectivity index (χ0v) is 16.6. The predicted octanol–water partition coefficient (Wildman–Crippen LogP) is 4.21. The molecule has 0 unspecified atom stereocenters. The van der Waals surface area contributed by atoms with Crippen LogP contribution >= 0.6 is 22.9 Å². The van der Waals surface area contributed by atoms with Gasteiger partial charge in [-0.15, -0.1) is 21.5 Å². The summed E-state index contributed by atoms with van der Waals surface area (Å²) in [6, 6.07) is 7.32. The van der Waals surface area contributed by atoms with E-state index in [4.69, 9.17) is 20.8 Å². The van der Waals surface area contributed by atoms with Crippen LogP contribution in [0.25, 0.3) is 32.4 Å². The van der Waals surface area contributed by atoms with Gasteiger partial charge in [0.25, 0.3) is 5.89 Å². The highest BCUT2D eigenvalue weighted by Crippen LogP contribution is 2.40. The van der Waals surface area contributed by atoms with Gasteiger partial charge in [-0.1, -0.05) is 11.6 Å². The fraction of sp³-hybridized carbons (Fsp3) is 0.263. The molecule has 0 N–H and O–H groups in total. The molecule has 142 valence electrons. The minimum atomic E-state index is 0.461. The predicted molar refractivity (Wildman–Crippen MR) is 109 cm³/mol. The standard InChI is InChI=1S/C19H16ClN5O2S/c1-11-14-16(25-6-8-26-9-7-25)21-10-22-19(14)28-15(11)18-24-23-17(27-18)12-2-4-13(20)5-3-12/h2-5,10H,6-9H2,1H3. The molecule has 4 aromatic rings. The number of rotatable bonds is 3. The maximum atomic E-state index is 5.96. The lowest BCUT2D eigenvalue weighted by Gasteiger charge is -2.28. The third-order valence-corrected chi connectivity index (χ3v) is 6.17. The van der Waals surface area contributed by atoms with Gasteiger partial charge in [0.1, 0.15) is 17.0 Å². The van der Waals surface area contributed by atoms with Gasteiger partial charge in [-0.3, -0.25) is 0 Å². The summed E-state index contributed by atoms with van der Waals surface area (Å²) in [5.41, 5.74) is 1.88. The van der Waals surface area contributed by atoms with E-state index in [1.807, 2.05) is 19.1 Å². The van der Waals surface area contributed by atoms with Crippen LogP contribution in [-0.2, 0) is 4.74 Å². The Labute approximate surface area is 170 Å². The molecule has 1 aliphatic heterocycles. The van der Waals surface area contributed by atoms with Crippen molar-refractivity contribution in [2.24, 2.45) is 0 Å². The Kier molecular flexibility index (Phi) is 4.46. The normalized spacial score (nSPS) is 14.7. The highest BCUT2D eigenvalue weighted by atomic mass is 35.5. The number of hydrogen-bond acceptors (Lipinski definition) is 8. The molecule has 9 heteroatoms. The van der Waals surface area contributed by atoms with Crippen LogP contribution in [0.4, 0.5) is 5.82 Å². The van der Waals surface area contributed by atoms with Crippen LogP contribution in [0.5, 0.6) is 0 Å². The van der Waals surface area contributed by atoms with Gasteiger partial charge in [-0.05, 0) is 36.8 Å². The molecule has 1 fully saturated rings. The second kappa shape index (κ2) is 7.12. The van der Waals surface area contributed by atoms with Gasteiger partial charge >= 0.3 is 0 Å². The van der Waals surface area contributed by atoms with Gasteiger partial charge in [-0.25, -0.2) is 9.97 Å². The number of morpholine rings is 1. The first-order valence-corrected chi connectivity index (χ1v) is 10.1. The van der Waals surface area contributed by atoms with Crippen LogP contribution in [-0.4, -0.2) is 46.5 Å². The van der Waals surface area contributed by atoms with E-state index in [-0.39, 0.29) is 0 Å². The van der Waals surface area contributed by atoms with Gasteiger partial charge in [0.2, 0.25) is 5.89 Å². The number of ether oxygens (including phenoxy) is 1. The molecule has 1 aromatic carbocycles. The molecule has 0 atom stereocenters. The van der Waals surface area contributed by atoms with Crippen molar-refractivity contribution >= 4 is 39.0 Å². The summed E-state index contributed by atoms with van der Waals surface area (Å²) < 4.78 is 11.4. The van der Waals surface area contributed by atoms with Crippen molar-refractivity contribution in [1.29, 1.82) is 0 Å². The number of halogens is 1. The Bertz CT molecular complexity index is 1140. The Morgan fingerprint density at radius 2 is 1.79 bits per heavy atom. The van der Waals surface area contributed by atoms with Crippen LogP contribution in [0.15, 0.2) is 35.0 Å². The van der Waals surface area contributed by atoms with Crippen LogP contribution in [0.2, 0.25) is 5.02 Å². The Morgan fingerprint density at radius 3 is 2.57 bits per heavy atom. The topological polar surface area (TPSA) is 77.2 Å². The molecule has 0 bridgehead atoms. The summed E-state index contributed by atoms with van der Waals surface area (Å²) in [5.74, 6) is 1.88. The smallest absolute Gasteiger partial charge is 0.258 e. The molecular formula is C19H16ClN5O2S. The average Bonchev–Trinajstić information content (AvgIpc) is 3.34. The van der Waals surface area contributed by atoms with Crippen LogP contribution in [0.1, 0.15) is 5.56 Å². The first-order valence-electron chi connectivity index (χ1n) is 8.87. The summed E-state index contributed by atoms with van der Waals surface area (Å²) >= 11 is 7.50. The maximum Gasteiger partial charge on any atom is 0.258 e. The SMILES string of the molecule is Cc1c(-c2nnc(-c3ccc(Cl)cc3)o2)sc2ncnc(N3CCOCC3)c12. The van der Waals surface area contributed by atoms with Crippen molar-refractivity contribution in [3.05, 3.63) is 41.2 Å². The van der Waals surface area contributed by atoms with Gasteiger partial charge in [0.05, 0.1) is 23.5 Å². The van der Waals surface area contributed by atoms with E-state index in [0.717, 1.165) is 45.1 Å². The van der Waals surface area contributed by atoms with Crippen molar-refractivity contribution in [2.75, 3.05) is 31.2 Å². The molecule has 4 heterocycles. The Morgan fingerprint density at radius 1 is 1.04 bits per heavy atom. The van der Waals surface area contributed by atoms with E-state index in [1.165, 1.54) is 11.3 Å². The van der Waals surface area contributed by atoms with E-state index in [0.29, 0.717) is 30.0 Å². The number of benzene rings is 1. The molecule has 5 rings (SSSR count).